The highest BCUT2D eigenvalue weighted by atomic mass is 16.3. The number of anilines is 3. The lowest BCUT2D eigenvalue weighted by atomic mass is 9.82. The van der Waals surface area contributed by atoms with E-state index in [1.54, 1.807) is 9.58 Å². The van der Waals surface area contributed by atoms with E-state index in [2.05, 4.69) is 32.7 Å². The van der Waals surface area contributed by atoms with Crippen LogP contribution in [0.25, 0.3) is 0 Å². The molecule has 5 aromatic rings. The third-order valence-electron chi connectivity index (χ3n) is 11.6. The minimum Gasteiger partial charge on any atom is -0.395 e. The van der Waals surface area contributed by atoms with Gasteiger partial charge in [0.1, 0.15) is 5.54 Å². The number of benzene rings is 4. The number of allylic oxidation sites excluding steroid dienone is 1. The Morgan fingerprint density at radius 2 is 1.56 bits per heavy atom. The summed E-state index contributed by atoms with van der Waals surface area (Å²) in [6.45, 7) is 4.47. The largest absolute Gasteiger partial charge is 0.395 e. The lowest BCUT2D eigenvalue weighted by Gasteiger charge is -2.39. The summed E-state index contributed by atoms with van der Waals surface area (Å²) < 4.78 is 1.75. The second kappa shape index (κ2) is 15.3. The quantitative estimate of drug-likeness (QED) is 0.146. The molecule has 1 unspecified atom stereocenters. The number of para-hydroxylation sites is 1. The Hall–Kier alpha value is -5.62. The Morgan fingerprint density at radius 1 is 0.873 bits per heavy atom. The summed E-state index contributed by atoms with van der Waals surface area (Å²) in [6.07, 6.45) is 7.65. The number of hydrogen-bond donors (Lipinski definition) is 3. The fourth-order valence-corrected chi connectivity index (χ4v) is 8.48. The SMILES string of the molecule is C[C@@H](/C=C/CCn1cc(C(CO)c2ccccc2)nn1)[C@]1(O)C(=O)N(Cc2ccccc2)c2ccc(N3CN(c4ccccc4)C4(CCNCC4)C3=O)cc21. The smallest absolute Gasteiger partial charge is 0.264 e. The van der Waals surface area contributed by atoms with Crippen molar-refractivity contribution in [2.75, 3.05) is 41.1 Å². The number of nitrogens with one attached hydrogen (secondary N) is 1. The summed E-state index contributed by atoms with van der Waals surface area (Å²) in [5.41, 5.74) is 2.84. The molecule has 1 spiro atoms. The number of piperidine rings is 1. The van der Waals surface area contributed by atoms with Crippen LogP contribution in [0, 0.1) is 5.92 Å². The zero-order valence-corrected chi connectivity index (χ0v) is 31.0. The highest BCUT2D eigenvalue weighted by Gasteiger charge is 2.55. The number of fused-ring (bicyclic) bond motifs is 1. The molecular weight excluding hydrogens is 691 g/mol. The van der Waals surface area contributed by atoms with Crippen LogP contribution in [0.1, 0.15) is 54.5 Å². The van der Waals surface area contributed by atoms with Crippen molar-refractivity contribution in [2.24, 2.45) is 5.92 Å². The second-order valence-electron chi connectivity index (χ2n) is 14.8. The maximum atomic E-state index is 14.5. The minimum absolute atomic E-state index is 0.0325. The normalized spacial score (nSPS) is 20.5. The molecule has 2 amide bonds. The molecule has 0 aliphatic carbocycles. The third kappa shape index (κ3) is 6.62. The summed E-state index contributed by atoms with van der Waals surface area (Å²) in [7, 11) is 0. The number of amides is 2. The van der Waals surface area contributed by atoms with Crippen molar-refractivity contribution in [3.63, 3.8) is 0 Å². The van der Waals surface area contributed by atoms with Crippen LogP contribution in [-0.2, 0) is 28.3 Å². The van der Waals surface area contributed by atoms with Gasteiger partial charge in [0.2, 0.25) is 0 Å². The van der Waals surface area contributed by atoms with Crippen LogP contribution in [0.3, 0.4) is 0 Å². The number of aliphatic hydroxyl groups excluding tert-OH is 1. The monoisotopic (exact) mass is 737 g/mol. The number of nitrogens with zero attached hydrogens (tertiary/aromatic N) is 6. The van der Waals surface area contributed by atoms with Gasteiger partial charge in [-0.2, -0.15) is 0 Å². The lowest BCUT2D eigenvalue weighted by molar-refractivity contribution is -0.139. The van der Waals surface area contributed by atoms with Crippen LogP contribution < -0.4 is 20.0 Å². The van der Waals surface area contributed by atoms with E-state index in [0.717, 1.165) is 29.9 Å². The molecule has 0 bridgehead atoms. The van der Waals surface area contributed by atoms with Crippen molar-refractivity contribution < 1.29 is 19.8 Å². The maximum absolute atomic E-state index is 14.5. The van der Waals surface area contributed by atoms with Gasteiger partial charge in [-0.1, -0.05) is 103 Å². The minimum atomic E-state index is -1.87. The molecule has 11 heteroatoms. The van der Waals surface area contributed by atoms with E-state index in [0.29, 0.717) is 61.7 Å². The van der Waals surface area contributed by atoms with E-state index in [-0.39, 0.29) is 18.4 Å². The number of aliphatic hydroxyl groups is 2. The second-order valence-corrected chi connectivity index (χ2v) is 14.8. The molecular formula is C44H47N7O4. The van der Waals surface area contributed by atoms with Gasteiger partial charge in [-0.25, -0.2) is 0 Å². The summed E-state index contributed by atoms with van der Waals surface area (Å²) >= 11 is 0. The summed E-state index contributed by atoms with van der Waals surface area (Å²) in [5, 5.41) is 34.8. The molecule has 3 aliphatic rings. The highest BCUT2D eigenvalue weighted by Crippen LogP contribution is 2.48. The number of carbonyl (C=O) groups is 2. The highest BCUT2D eigenvalue weighted by molar-refractivity contribution is 6.09. The van der Waals surface area contributed by atoms with E-state index < -0.39 is 23.0 Å². The molecule has 3 atom stereocenters. The number of hydrogen-bond acceptors (Lipinski definition) is 8. The summed E-state index contributed by atoms with van der Waals surface area (Å²) in [5.74, 6) is -1.22. The molecule has 8 rings (SSSR count). The number of aryl methyl sites for hydroxylation is 1. The van der Waals surface area contributed by atoms with Gasteiger partial charge in [0.05, 0.1) is 37.1 Å². The Morgan fingerprint density at radius 3 is 2.27 bits per heavy atom. The summed E-state index contributed by atoms with van der Waals surface area (Å²) in [4.78, 5) is 34.7. The Kier molecular flexibility index (Phi) is 10.1. The van der Waals surface area contributed by atoms with E-state index in [1.807, 2.05) is 127 Å². The zero-order valence-electron chi connectivity index (χ0n) is 31.0. The van der Waals surface area contributed by atoms with Gasteiger partial charge in [-0.3, -0.25) is 19.2 Å². The molecule has 2 saturated heterocycles. The van der Waals surface area contributed by atoms with Crippen LogP contribution >= 0.6 is 0 Å². The zero-order chi connectivity index (χ0) is 38.0. The van der Waals surface area contributed by atoms with Crippen molar-refractivity contribution in [2.45, 2.75) is 56.3 Å². The van der Waals surface area contributed by atoms with Crippen LogP contribution in [-0.4, -0.2) is 68.9 Å². The van der Waals surface area contributed by atoms with Gasteiger partial charge in [0.15, 0.2) is 5.60 Å². The average molecular weight is 738 g/mol. The Bertz CT molecular complexity index is 2150. The van der Waals surface area contributed by atoms with Crippen molar-refractivity contribution >= 4 is 28.9 Å². The summed E-state index contributed by atoms with van der Waals surface area (Å²) in [6, 6.07) is 35.2. The Balaban J connectivity index is 1.07. The van der Waals surface area contributed by atoms with Gasteiger partial charge >= 0.3 is 0 Å². The molecule has 11 nitrogen and oxygen atoms in total. The fourth-order valence-electron chi connectivity index (χ4n) is 8.48. The van der Waals surface area contributed by atoms with Crippen molar-refractivity contribution in [1.82, 2.24) is 20.3 Å². The van der Waals surface area contributed by atoms with Gasteiger partial charge in [0, 0.05) is 35.6 Å². The first-order valence-electron chi connectivity index (χ1n) is 19.1. The average Bonchev–Trinajstić information content (AvgIpc) is 3.87. The van der Waals surface area contributed by atoms with E-state index >= 15 is 0 Å². The molecule has 3 N–H and O–H groups in total. The molecule has 55 heavy (non-hydrogen) atoms. The third-order valence-corrected chi connectivity index (χ3v) is 11.6. The molecule has 0 radical (unpaired) electrons. The predicted molar refractivity (Wildman–Crippen MR) is 212 cm³/mol. The fraction of sp³-hybridized carbons (Fsp3) is 0.318. The van der Waals surface area contributed by atoms with Gasteiger partial charge in [-0.05, 0) is 73.8 Å². The van der Waals surface area contributed by atoms with Crippen molar-refractivity contribution in [3.8, 4) is 0 Å². The maximum Gasteiger partial charge on any atom is 0.264 e. The molecule has 1 aromatic heterocycles. The Labute approximate surface area is 321 Å². The van der Waals surface area contributed by atoms with E-state index in [4.69, 9.17) is 0 Å². The van der Waals surface area contributed by atoms with E-state index in [1.165, 1.54) is 0 Å². The molecule has 0 saturated carbocycles. The molecule has 2 fully saturated rings. The standard InChI is InChI=1S/C44H47N7O4/c1-32(13-11-12-26-48-29-39(46-47-48)37(30-52)34-16-7-3-8-17-34)44(55)38-27-36(20-21-40(38)49(42(44)54)28-33-14-5-2-6-15-33)50-31-51(35-18-9-4-10-19-35)43(41(50)53)22-24-45-25-23-43/h2-11,13-21,27,29,32,37,45,52,55H,12,22-26,28,30-31H2,1H3/b13-11+/t32-,37?,44+/m0/s1. The van der Waals surface area contributed by atoms with Gasteiger partial charge in [0.25, 0.3) is 11.8 Å². The first kappa shape index (κ1) is 36.4. The van der Waals surface area contributed by atoms with Crippen LogP contribution in [0.5, 0.6) is 0 Å². The molecule has 4 heterocycles. The first-order chi connectivity index (χ1) is 26.8. The van der Waals surface area contributed by atoms with Gasteiger partial charge < -0.3 is 25.3 Å². The van der Waals surface area contributed by atoms with Crippen LogP contribution in [0.4, 0.5) is 17.1 Å². The van der Waals surface area contributed by atoms with E-state index in [9.17, 15) is 19.8 Å². The van der Waals surface area contributed by atoms with Crippen molar-refractivity contribution in [3.05, 3.63) is 150 Å². The molecule has 4 aromatic carbocycles. The molecule has 3 aliphatic heterocycles. The number of rotatable bonds is 12. The van der Waals surface area contributed by atoms with Gasteiger partial charge in [-0.15, -0.1) is 5.10 Å². The topological polar surface area (TPSA) is 127 Å². The molecule has 282 valence electrons. The predicted octanol–water partition coefficient (Wildman–Crippen LogP) is 5.35. The number of carbonyl (C=O) groups excluding carboxylic acids is 2. The lowest BCUT2D eigenvalue weighted by Crippen LogP contribution is -2.55. The first-order valence-corrected chi connectivity index (χ1v) is 19.1. The number of aromatic nitrogens is 3. The van der Waals surface area contributed by atoms with Crippen molar-refractivity contribution in [1.29, 1.82) is 0 Å². The van der Waals surface area contributed by atoms with Crippen LogP contribution in [0.15, 0.2) is 128 Å². The van der Waals surface area contributed by atoms with Crippen LogP contribution in [0.2, 0.25) is 0 Å².